The largest absolute Gasteiger partial charge is 0.297 e. The minimum Gasteiger partial charge on any atom is -0.297 e. The Hall–Kier alpha value is -2.11. The van der Waals surface area contributed by atoms with Crippen molar-refractivity contribution in [2.45, 2.75) is 38.5 Å². The number of Topliss-reactive ketones (excluding diaryl/α,β-unsaturated/α-hetero) is 1. The fraction of sp³-hybridized carbons (Fsp3) is 0.611. The van der Waals surface area contributed by atoms with Gasteiger partial charge in [-0.2, -0.15) is 0 Å². The smallest absolute Gasteiger partial charge is 0.282 e. The molecule has 2 amide bonds. The Morgan fingerprint density at radius 1 is 0.958 bits per heavy atom. The lowest BCUT2D eigenvalue weighted by Crippen LogP contribution is -2.53. The standard InChI is InChI=1S/C18H19N3O3/c22-13(18-6-10-3-11(7-18)5-12(4-10)8-18)9-21-16(23)14-15(17(21)24)20-2-1-19-14/h1-2,10-12H,3-9H2. The third kappa shape index (κ3) is 1.85. The first-order valence-electron chi connectivity index (χ1n) is 8.76. The van der Waals surface area contributed by atoms with Crippen LogP contribution in [0.25, 0.3) is 0 Å². The maximum atomic E-state index is 13.1. The number of amides is 2. The summed E-state index contributed by atoms with van der Waals surface area (Å²) in [7, 11) is 0. The van der Waals surface area contributed by atoms with E-state index in [1.54, 1.807) is 0 Å². The summed E-state index contributed by atoms with van der Waals surface area (Å²) in [6.07, 6.45) is 9.39. The minimum atomic E-state index is -0.485. The monoisotopic (exact) mass is 325 g/mol. The molecule has 2 heterocycles. The molecule has 0 aromatic carbocycles. The van der Waals surface area contributed by atoms with Crippen LogP contribution in [0, 0.1) is 23.2 Å². The lowest BCUT2D eigenvalue weighted by Gasteiger charge is -2.56. The Morgan fingerprint density at radius 3 is 1.88 bits per heavy atom. The summed E-state index contributed by atoms with van der Waals surface area (Å²) >= 11 is 0. The van der Waals surface area contributed by atoms with Crippen molar-refractivity contribution in [3.8, 4) is 0 Å². The molecule has 0 N–H and O–H groups in total. The molecular weight excluding hydrogens is 306 g/mol. The lowest BCUT2D eigenvalue weighted by atomic mass is 9.48. The minimum absolute atomic E-state index is 0.0658. The van der Waals surface area contributed by atoms with Crippen molar-refractivity contribution in [2.75, 3.05) is 6.54 Å². The van der Waals surface area contributed by atoms with Gasteiger partial charge in [-0.25, -0.2) is 9.97 Å². The summed E-state index contributed by atoms with van der Waals surface area (Å²) in [5.74, 6) is 1.07. The molecule has 5 aliphatic rings. The summed E-state index contributed by atoms with van der Waals surface area (Å²) in [5.41, 5.74) is -0.160. The molecule has 0 spiro atoms. The van der Waals surface area contributed by atoms with Crippen LogP contribution < -0.4 is 0 Å². The van der Waals surface area contributed by atoms with Crippen LogP contribution >= 0.6 is 0 Å². The van der Waals surface area contributed by atoms with Gasteiger partial charge in [0, 0.05) is 17.8 Å². The fourth-order valence-corrected chi connectivity index (χ4v) is 5.91. The Bertz CT molecular complexity index is 702. The molecule has 0 radical (unpaired) electrons. The molecule has 0 saturated heterocycles. The molecule has 124 valence electrons. The number of fused-ring (bicyclic) bond motifs is 1. The van der Waals surface area contributed by atoms with Gasteiger partial charge in [0.05, 0.1) is 6.54 Å². The van der Waals surface area contributed by atoms with Gasteiger partial charge in [0.2, 0.25) is 0 Å². The molecule has 1 aromatic heterocycles. The zero-order valence-corrected chi connectivity index (χ0v) is 13.4. The van der Waals surface area contributed by atoms with E-state index in [0.29, 0.717) is 17.8 Å². The highest BCUT2D eigenvalue weighted by molar-refractivity contribution is 6.20. The fourth-order valence-electron chi connectivity index (χ4n) is 5.91. The average molecular weight is 325 g/mol. The molecule has 24 heavy (non-hydrogen) atoms. The average Bonchev–Trinajstić information content (AvgIpc) is 2.79. The molecule has 1 aliphatic heterocycles. The number of nitrogens with zero attached hydrogens (tertiary/aromatic N) is 3. The van der Waals surface area contributed by atoms with Crippen molar-refractivity contribution in [3.63, 3.8) is 0 Å². The van der Waals surface area contributed by atoms with E-state index >= 15 is 0 Å². The van der Waals surface area contributed by atoms with Crippen molar-refractivity contribution < 1.29 is 14.4 Å². The van der Waals surface area contributed by atoms with Crippen molar-refractivity contribution in [1.82, 2.24) is 14.9 Å². The van der Waals surface area contributed by atoms with E-state index in [9.17, 15) is 14.4 Å². The molecule has 4 fully saturated rings. The third-order valence-corrected chi connectivity index (χ3v) is 6.53. The SMILES string of the molecule is O=C1c2nccnc2C(=O)N1CC(=O)C12CC3CC(CC(C3)C1)C2. The molecule has 6 nitrogen and oxygen atoms in total. The normalized spacial score (nSPS) is 36.3. The zero-order valence-electron chi connectivity index (χ0n) is 13.4. The summed E-state index contributed by atoms with van der Waals surface area (Å²) in [6, 6.07) is 0. The molecular formula is C18H19N3O3. The number of hydrogen-bond acceptors (Lipinski definition) is 5. The van der Waals surface area contributed by atoms with Crippen LogP contribution in [0.5, 0.6) is 0 Å². The van der Waals surface area contributed by atoms with Gasteiger partial charge < -0.3 is 0 Å². The van der Waals surface area contributed by atoms with Crippen LogP contribution in [0.3, 0.4) is 0 Å². The highest BCUT2D eigenvalue weighted by Crippen LogP contribution is 2.60. The number of rotatable bonds is 3. The van der Waals surface area contributed by atoms with Crippen LogP contribution in [-0.4, -0.2) is 39.0 Å². The summed E-state index contributed by atoms with van der Waals surface area (Å²) < 4.78 is 0. The first-order chi connectivity index (χ1) is 11.6. The van der Waals surface area contributed by atoms with Gasteiger partial charge in [-0.1, -0.05) is 0 Å². The van der Waals surface area contributed by atoms with Crippen LogP contribution in [0.15, 0.2) is 12.4 Å². The highest BCUT2D eigenvalue weighted by atomic mass is 16.2. The maximum Gasteiger partial charge on any atom is 0.282 e. The summed E-state index contributed by atoms with van der Waals surface area (Å²) in [6.45, 7) is -0.123. The molecule has 4 saturated carbocycles. The number of carbonyl (C=O) groups is 3. The molecule has 1 aromatic rings. The molecule has 0 atom stereocenters. The zero-order chi connectivity index (χ0) is 16.5. The number of hydrogen-bond donors (Lipinski definition) is 0. The maximum absolute atomic E-state index is 13.1. The lowest BCUT2D eigenvalue weighted by molar-refractivity contribution is -0.144. The van der Waals surface area contributed by atoms with E-state index in [1.165, 1.54) is 31.7 Å². The second kappa shape index (κ2) is 4.71. The topological polar surface area (TPSA) is 80.2 Å². The van der Waals surface area contributed by atoms with Gasteiger partial charge in [0.15, 0.2) is 17.2 Å². The Labute approximate surface area is 139 Å². The highest BCUT2D eigenvalue weighted by Gasteiger charge is 2.55. The molecule has 4 aliphatic carbocycles. The van der Waals surface area contributed by atoms with E-state index in [-0.39, 0.29) is 29.1 Å². The molecule has 6 heteroatoms. The predicted octanol–water partition coefficient (Wildman–Crippen LogP) is 1.86. The van der Waals surface area contributed by atoms with Gasteiger partial charge in [0.25, 0.3) is 11.8 Å². The first kappa shape index (κ1) is 14.3. The van der Waals surface area contributed by atoms with Gasteiger partial charge in [-0.15, -0.1) is 0 Å². The second-order valence-corrected chi connectivity index (χ2v) is 8.07. The van der Waals surface area contributed by atoms with E-state index in [4.69, 9.17) is 0 Å². The van der Waals surface area contributed by atoms with E-state index in [0.717, 1.165) is 24.2 Å². The van der Waals surface area contributed by atoms with Gasteiger partial charge in [0.1, 0.15) is 0 Å². The predicted molar refractivity (Wildman–Crippen MR) is 83.0 cm³/mol. The Morgan fingerprint density at radius 2 is 1.42 bits per heavy atom. The quantitative estimate of drug-likeness (QED) is 0.792. The van der Waals surface area contributed by atoms with Crippen LogP contribution in [0.1, 0.15) is 59.5 Å². The Balaban J connectivity index is 1.40. The molecule has 0 unspecified atom stereocenters. The van der Waals surface area contributed by atoms with Gasteiger partial charge in [-0.3, -0.25) is 19.3 Å². The van der Waals surface area contributed by atoms with Crippen LogP contribution in [-0.2, 0) is 4.79 Å². The molecule has 6 rings (SSSR count). The van der Waals surface area contributed by atoms with Crippen molar-refractivity contribution in [3.05, 3.63) is 23.8 Å². The van der Waals surface area contributed by atoms with E-state index in [2.05, 4.69) is 9.97 Å². The first-order valence-corrected chi connectivity index (χ1v) is 8.76. The second-order valence-electron chi connectivity index (χ2n) is 8.07. The molecule has 4 bridgehead atoms. The third-order valence-electron chi connectivity index (χ3n) is 6.53. The van der Waals surface area contributed by atoms with E-state index in [1.807, 2.05) is 0 Å². The van der Waals surface area contributed by atoms with E-state index < -0.39 is 11.8 Å². The van der Waals surface area contributed by atoms with Gasteiger partial charge >= 0.3 is 0 Å². The number of ketones is 1. The number of aromatic nitrogens is 2. The van der Waals surface area contributed by atoms with Crippen molar-refractivity contribution in [2.24, 2.45) is 23.2 Å². The number of imide groups is 1. The Kier molecular flexibility index (Phi) is 2.80. The van der Waals surface area contributed by atoms with Crippen molar-refractivity contribution >= 4 is 17.6 Å². The summed E-state index contributed by atoms with van der Waals surface area (Å²) in [4.78, 5) is 46.9. The van der Waals surface area contributed by atoms with Crippen LogP contribution in [0.4, 0.5) is 0 Å². The van der Waals surface area contributed by atoms with Crippen molar-refractivity contribution in [1.29, 1.82) is 0 Å². The van der Waals surface area contributed by atoms with Crippen LogP contribution in [0.2, 0.25) is 0 Å². The summed E-state index contributed by atoms with van der Waals surface area (Å²) in [5, 5.41) is 0. The van der Waals surface area contributed by atoms with Gasteiger partial charge in [-0.05, 0) is 56.3 Å². The number of carbonyl (C=O) groups excluding carboxylic acids is 3.